The molecule has 1 aromatic carbocycles. The zero-order chi connectivity index (χ0) is 14.3. The lowest BCUT2D eigenvalue weighted by atomic mass is 9.73. The van der Waals surface area contributed by atoms with E-state index in [0.717, 1.165) is 19.6 Å². The molecule has 0 aliphatic carbocycles. The van der Waals surface area contributed by atoms with Crippen molar-refractivity contribution in [2.75, 3.05) is 26.7 Å². The fraction of sp³-hybridized carbons (Fsp3) is 0.500. The van der Waals surface area contributed by atoms with Crippen molar-refractivity contribution in [2.24, 2.45) is 5.73 Å². The van der Waals surface area contributed by atoms with Crippen molar-refractivity contribution in [1.29, 1.82) is 0 Å². The second kappa shape index (κ2) is 7.11. The minimum Gasteiger partial charge on any atom is -0.450 e. The molecular formula is C14H22N2O3. The van der Waals surface area contributed by atoms with Crippen LogP contribution in [0.4, 0.5) is 4.79 Å². The van der Waals surface area contributed by atoms with Crippen LogP contribution in [0.2, 0.25) is 0 Å². The number of carboxylic acid groups (broad SMARTS) is 2. The van der Waals surface area contributed by atoms with E-state index >= 15 is 0 Å². The average molecular weight is 266 g/mol. The Morgan fingerprint density at radius 2 is 1.74 bits per heavy atom. The van der Waals surface area contributed by atoms with Crippen molar-refractivity contribution in [3.63, 3.8) is 0 Å². The molecule has 1 aliphatic rings. The molecule has 1 aromatic rings. The molecule has 0 amide bonds. The van der Waals surface area contributed by atoms with E-state index in [2.05, 4.69) is 42.3 Å². The topological polar surface area (TPSA) is 86.8 Å². The lowest BCUT2D eigenvalue weighted by Crippen LogP contribution is -2.45. The molecule has 5 heteroatoms. The summed E-state index contributed by atoms with van der Waals surface area (Å²) in [5, 5.41) is 13.9. The van der Waals surface area contributed by atoms with E-state index in [4.69, 9.17) is 20.7 Å². The highest BCUT2D eigenvalue weighted by molar-refractivity contribution is 5.53. The van der Waals surface area contributed by atoms with Crippen LogP contribution in [0.1, 0.15) is 18.4 Å². The van der Waals surface area contributed by atoms with E-state index in [9.17, 15) is 0 Å². The van der Waals surface area contributed by atoms with Crippen molar-refractivity contribution in [2.45, 2.75) is 18.3 Å². The first-order chi connectivity index (χ1) is 9.00. The monoisotopic (exact) mass is 266 g/mol. The van der Waals surface area contributed by atoms with Crippen LogP contribution in [0, 0.1) is 0 Å². The van der Waals surface area contributed by atoms with Gasteiger partial charge in [0, 0.05) is 12.0 Å². The van der Waals surface area contributed by atoms with E-state index in [1.54, 1.807) is 0 Å². The number of nitrogens with two attached hydrogens (primary N) is 1. The quantitative estimate of drug-likeness (QED) is 0.760. The van der Waals surface area contributed by atoms with Gasteiger partial charge in [0.05, 0.1) is 0 Å². The average Bonchev–Trinajstić information content (AvgIpc) is 2.40. The first-order valence-electron chi connectivity index (χ1n) is 6.36. The Balaban J connectivity index is 0.000000399. The molecule has 106 valence electrons. The Labute approximate surface area is 113 Å². The minimum atomic E-state index is -1.83. The molecule has 0 unspecified atom stereocenters. The van der Waals surface area contributed by atoms with Crippen LogP contribution in [0.5, 0.6) is 0 Å². The zero-order valence-corrected chi connectivity index (χ0v) is 11.2. The summed E-state index contributed by atoms with van der Waals surface area (Å²) in [6.45, 7) is 3.09. The fourth-order valence-corrected chi connectivity index (χ4v) is 2.45. The van der Waals surface area contributed by atoms with Crippen molar-refractivity contribution in [3.05, 3.63) is 35.9 Å². The summed E-state index contributed by atoms with van der Waals surface area (Å²) in [6, 6.07) is 10.7. The second-order valence-corrected chi connectivity index (χ2v) is 4.94. The molecule has 1 aliphatic heterocycles. The lowest BCUT2D eigenvalue weighted by molar-refractivity contribution is 0.137. The van der Waals surface area contributed by atoms with Crippen LogP contribution in [0.25, 0.3) is 0 Å². The van der Waals surface area contributed by atoms with Gasteiger partial charge in [-0.3, -0.25) is 0 Å². The fourth-order valence-electron chi connectivity index (χ4n) is 2.45. The number of hydrogen-bond donors (Lipinski definition) is 3. The van der Waals surface area contributed by atoms with Gasteiger partial charge >= 0.3 is 6.16 Å². The van der Waals surface area contributed by atoms with Crippen LogP contribution < -0.4 is 5.73 Å². The summed E-state index contributed by atoms with van der Waals surface area (Å²) in [6.07, 6.45) is 0.536. The SMILES string of the molecule is CN1CCC(CN)(c2ccccc2)CC1.O=C(O)O. The van der Waals surface area contributed by atoms with E-state index < -0.39 is 6.16 Å². The number of nitrogens with zero attached hydrogens (tertiary/aromatic N) is 1. The Kier molecular flexibility index (Phi) is 5.79. The molecule has 1 fully saturated rings. The molecule has 0 bridgehead atoms. The van der Waals surface area contributed by atoms with Gasteiger partial charge in [0.25, 0.3) is 0 Å². The van der Waals surface area contributed by atoms with Crippen LogP contribution in [0.15, 0.2) is 30.3 Å². The number of likely N-dealkylation sites (tertiary alicyclic amines) is 1. The molecule has 0 saturated carbocycles. The maximum absolute atomic E-state index is 8.56. The Morgan fingerprint density at radius 1 is 1.26 bits per heavy atom. The largest absolute Gasteiger partial charge is 0.503 e. The van der Waals surface area contributed by atoms with Gasteiger partial charge in [0.1, 0.15) is 0 Å². The summed E-state index contributed by atoms with van der Waals surface area (Å²) in [5.74, 6) is 0. The number of piperidine rings is 1. The molecule has 1 saturated heterocycles. The van der Waals surface area contributed by atoms with E-state index in [0.29, 0.717) is 0 Å². The molecule has 19 heavy (non-hydrogen) atoms. The van der Waals surface area contributed by atoms with Crippen LogP contribution in [-0.4, -0.2) is 48.0 Å². The first-order valence-corrected chi connectivity index (χ1v) is 6.36. The number of rotatable bonds is 2. The van der Waals surface area contributed by atoms with Gasteiger partial charge in [0.15, 0.2) is 0 Å². The highest BCUT2D eigenvalue weighted by atomic mass is 16.6. The molecule has 0 spiro atoms. The molecule has 2 rings (SSSR count). The molecule has 1 heterocycles. The normalized spacial score (nSPS) is 18.2. The highest BCUT2D eigenvalue weighted by Crippen LogP contribution is 2.33. The molecule has 5 nitrogen and oxygen atoms in total. The number of hydrogen-bond acceptors (Lipinski definition) is 3. The van der Waals surface area contributed by atoms with Gasteiger partial charge in [0.2, 0.25) is 0 Å². The first kappa shape index (κ1) is 15.5. The summed E-state index contributed by atoms with van der Waals surface area (Å²) < 4.78 is 0. The van der Waals surface area contributed by atoms with Crippen molar-refractivity contribution in [3.8, 4) is 0 Å². The van der Waals surface area contributed by atoms with Crippen molar-refractivity contribution >= 4 is 6.16 Å². The van der Waals surface area contributed by atoms with Crippen LogP contribution in [-0.2, 0) is 5.41 Å². The lowest BCUT2D eigenvalue weighted by Gasteiger charge is -2.40. The standard InChI is InChI=1S/C13H20N2.CH2O3/c1-15-9-7-13(11-14,8-10-15)12-5-3-2-4-6-12;2-1(3)4/h2-6H,7-11,14H2,1H3;(H2,2,3,4). The van der Waals surface area contributed by atoms with Crippen LogP contribution in [0.3, 0.4) is 0 Å². The third-order valence-corrected chi connectivity index (χ3v) is 3.72. The van der Waals surface area contributed by atoms with Crippen LogP contribution >= 0.6 is 0 Å². The molecular weight excluding hydrogens is 244 g/mol. The van der Waals surface area contributed by atoms with Gasteiger partial charge in [-0.1, -0.05) is 30.3 Å². The van der Waals surface area contributed by atoms with Gasteiger partial charge < -0.3 is 20.8 Å². The molecule has 0 aromatic heterocycles. The third kappa shape index (κ3) is 4.54. The summed E-state index contributed by atoms with van der Waals surface area (Å²) >= 11 is 0. The highest BCUT2D eigenvalue weighted by Gasteiger charge is 2.33. The number of benzene rings is 1. The predicted octanol–water partition coefficient (Wildman–Crippen LogP) is 1.83. The Bertz CT molecular complexity index is 383. The maximum Gasteiger partial charge on any atom is 0.503 e. The maximum atomic E-state index is 8.56. The zero-order valence-electron chi connectivity index (χ0n) is 11.2. The molecule has 0 atom stereocenters. The second-order valence-electron chi connectivity index (χ2n) is 4.94. The summed E-state index contributed by atoms with van der Waals surface area (Å²) in [4.78, 5) is 10.9. The smallest absolute Gasteiger partial charge is 0.450 e. The predicted molar refractivity (Wildman–Crippen MR) is 74.6 cm³/mol. The summed E-state index contributed by atoms with van der Waals surface area (Å²) in [5.41, 5.74) is 7.64. The van der Waals surface area contributed by atoms with Gasteiger partial charge in [-0.25, -0.2) is 4.79 Å². The Morgan fingerprint density at radius 3 is 2.16 bits per heavy atom. The van der Waals surface area contributed by atoms with E-state index in [-0.39, 0.29) is 5.41 Å². The van der Waals surface area contributed by atoms with Gasteiger partial charge in [-0.05, 0) is 38.5 Å². The minimum absolute atomic E-state index is 0.230. The number of carbonyl (C=O) groups is 1. The van der Waals surface area contributed by atoms with E-state index in [1.807, 2.05) is 0 Å². The Hall–Kier alpha value is -1.59. The van der Waals surface area contributed by atoms with E-state index in [1.165, 1.54) is 18.4 Å². The third-order valence-electron chi connectivity index (χ3n) is 3.72. The van der Waals surface area contributed by atoms with Crippen molar-refractivity contribution in [1.82, 2.24) is 4.90 Å². The molecule has 4 N–H and O–H groups in total. The van der Waals surface area contributed by atoms with Gasteiger partial charge in [-0.15, -0.1) is 0 Å². The van der Waals surface area contributed by atoms with Crippen molar-refractivity contribution < 1.29 is 15.0 Å². The van der Waals surface area contributed by atoms with Gasteiger partial charge in [-0.2, -0.15) is 0 Å². The molecule has 0 radical (unpaired) electrons. The summed E-state index contributed by atoms with van der Waals surface area (Å²) in [7, 11) is 2.19.